The Hall–Kier alpha value is -3.42. The van der Waals surface area contributed by atoms with Gasteiger partial charge in [0.2, 0.25) is 5.91 Å². The average Bonchev–Trinajstić information content (AvgIpc) is 3.34. The van der Waals surface area contributed by atoms with Crippen molar-refractivity contribution in [1.29, 1.82) is 0 Å². The average molecular weight is 397 g/mol. The lowest BCUT2D eigenvalue weighted by atomic mass is 10.2. The van der Waals surface area contributed by atoms with Crippen LogP contribution in [-0.2, 0) is 20.9 Å². The fraction of sp³-hybridized carbons (Fsp3) is 0.286. The van der Waals surface area contributed by atoms with E-state index in [0.717, 1.165) is 11.0 Å². The SMILES string of the molecule is COC(=O)[C@@H]1C[C@H](Oc2ccccc2F)CN1C(=O)Cn1cnc2ccccc21. The molecule has 7 nitrogen and oxygen atoms in total. The topological polar surface area (TPSA) is 73.7 Å². The molecular weight excluding hydrogens is 377 g/mol. The highest BCUT2D eigenvalue weighted by atomic mass is 19.1. The number of aromatic nitrogens is 2. The molecule has 1 amide bonds. The van der Waals surface area contributed by atoms with E-state index < -0.39 is 23.9 Å². The minimum atomic E-state index is -0.779. The lowest BCUT2D eigenvalue weighted by molar-refractivity contribution is -0.151. The van der Waals surface area contributed by atoms with Crippen molar-refractivity contribution in [1.82, 2.24) is 14.5 Å². The first-order valence-corrected chi connectivity index (χ1v) is 9.25. The van der Waals surface area contributed by atoms with Crippen LogP contribution in [0.4, 0.5) is 4.39 Å². The smallest absolute Gasteiger partial charge is 0.328 e. The number of amides is 1. The number of halogens is 1. The summed E-state index contributed by atoms with van der Waals surface area (Å²) < 4.78 is 26.2. The van der Waals surface area contributed by atoms with Crippen LogP contribution in [-0.4, -0.2) is 52.1 Å². The molecule has 2 heterocycles. The van der Waals surface area contributed by atoms with Crippen molar-refractivity contribution in [3.05, 3.63) is 60.7 Å². The van der Waals surface area contributed by atoms with Crippen LogP contribution in [0.2, 0.25) is 0 Å². The zero-order valence-electron chi connectivity index (χ0n) is 15.8. The molecule has 1 saturated heterocycles. The summed E-state index contributed by atoms with van der Waals surface area (Å²) in [7, 11) is 1.28. The summed E-state index contributed by atoms with van der Waals surface area (Å²) in [5.41, 5.74) is 1.61. The Morgan fingerprint density at radius 3 is 2.72 bits per heavy atom. The van der Waals surface area contributed by atoms with E-state index in [9.17, 15) is 14.0 Å². The first-order chi connectivity index (χ1) is 14.1. The second-order valence-electron chi connectivity index (χ2n) is 6.85. The molecule has 1 fully saturated rings. The summed E-state index contributed by atoms with van der Waals surface area (Å²) in [6, 6.07) is 12.8. The third kappa shape index (κ3) is 3.78. The highest BCUT2D eigenvalue weighted by Crippen LogP contribution is 2.26. The van der Waals surface area contributed by atoms with E-state index in [2.05, 4.69) is 4.98 Å². The van der Waals surface area contributed by atoms with Crippen LogP contribution in [0.25, 0.3) is 11.0 Å². The lowest BCUT2D eigenvalue weighted by Crippen LogP contribution is -2.42. The molecule has 0 N–H and O–H groups in total. The van der Waals surface area contributed by atoms with Gasteiger partial charge in [-0.05, 0) is 24.3 Å². The molecule has 0 spiro atoms. The first-order valence-electron chi connectivity index (χ1n) is 9.25. The van der Waals surface area contributed by atoms with Crippen molar-refractivity contribution in [3.63, 3.8) is 0 Å². The van der Waals surface area contributed by atoms with E-state index in [1.54, 1.807) is 23.0 Å². The number of esters is 1. The van der Waals surface area contributed by atoms with Gasteiger partial charge < -0.3 is 18.9 Å². The summed E-state index contributed by atoms with van der Waals surface area (Å²) in [5, 5.41) is 0. The number of para-hydroxylation sites is 3. The van der Waals surface area contributed by atoms with Crippen molar-refractivity contribution in [2.75, 3.05) is 13.7 Å². The number of imidazole rings is 1. The van der Waals surface area contributed by atoms with Gasteiger partial charge >= 0.3 is 5.97 Å². The molecule has 2 aromatic carbocycles. The molecule has 0 saturated carbocycles. The summed E-state index contributed by atoms with van der Waals surface area (Å²) in [6.07, 6.45) is 1.32. The van der Waals surface area contributed by atoms with E-state index in [0.29, 0.717) is 0 Å². The van der Waals surface area contributed by atoms with E-state index >= 15 is 0 Å². The second-order valence-corrected chi connectivity index (χ2v) is 6.85. The second kappa shape index (κ2) is 7.90. The molecule has 4 rings (SSSR count). The van der Waals surface area contributed by atoms with Gasteiger partial charge in [0.1, 0.15) is 18.7 Å². The number of hydrogen-bond donors (Lipinski definition) is 0. The molecule has 1 aromatic heterocycles. The zero-order valence-corrected chi connectivity index (χ0v) is 15.8. The van der Waals surface area contributed by atoms with Crippen molar-refractivity contribution in [2.45, 2.75) is 25.1 Å². The first kappa shape index (κ1) is 18.9. The number of carbonyl (C=O) groups is 2. The summed E-state index contributed by atoms with van der Waals surface area (Å²) in [4.78, 5) is 31.0. The van der Waals surface area contributed by atoms with Gasteiger partial charge in [-0.15, -0.1) is 0 Å². The van der Waals surface area contributed by atoms with Gasteiger partial charge in [-0.1, -0.05) is 24.3 Å². The lowest BCUT2D eigenvalue weighted by Gasteiger charge is -2.22. The monoisotopic (exact) mass is 397 g/mol. The standard InChI is InChI=1S/C21H20FN3O4/c1-28-21(27)18-10-14(29-19-9-5-2-6-15(19)22)11-25(18)20(26)12-24-13-23-16-7-3-4-8-17(16)24/h2-9,13-14,18H,10-12H2,1H3/t14-,18-/m0/s1. The maximum absolute atomic E-state index is 13.9. The third-order valence-corrected chi connectivity index (χ3v) is 5.02. The number of benzene rings is 2. The Bertz CT molecular complexity index is 1050. The highest BCUT2D eigenvalue weighted by molar-refractivity contribution is 5.86. The molecule has 29 heavy (non-hydrogen) atoms. The number of rotatable bonds is 5. The minimum Gasteiger partial charge on any atom is -0.485 e. The van der Waals surface area contributed by atoms with Crippen LogP contribution in [0.5, 0.6) is 5.75 Å². The molecule has 1 aliphatic heterocycles. The fourth-order valence-corrected chi connectivity index (χ4v) is 3.61. The number of ether oxygens (including phenoxy) is 2. The molecule has 0 radical (unpaired) electrons. The quantitative estimate of drug-likeness (QED) is 0.618. The Balaban J connectivity index is 1.52. The van der Waals surface area contributed by atoms with Crippen LogP contribution in [0.15, 0.2) is 54.9 Å². The Morgan fingerprint density at radius 1 is 1.17 bits per heavy atom. The third-order valence-electron chi connectivity index (χ3n) is 5.02. The van der Waals surface area contributed by atoms with Gasteiger partial charge in [0, 0.05) is 6.42 Å². The van der Waals surface area contributed by atoms with E-state index in [-0.39, 0.29) is 31.2 Å². The number of carbonyl (C=O) groups excluding carboxylic acids is 2. The van der Waals surface area contributed by atoms with Gasteiger partial charge in [0.05, 0.1) is 31.0 Å². The molecule has 0 aliphatic carbocycles. The fourth-order valence-electron chi connectivity index (χ4n) is 3.61. The van der Waals surface area contributed by atoms with E-state index in [1.807, 2.05) is 24.3 Å². The molecule has 1 aliphatic rings. The summed E-state index contributed by atoms with van der Waals surface area (Å²) >= 11 is 0. The molecule has 2 atom stereocenters. The maximum Gasteiger partial charge on any atom is 0.328 e. The van der Waals surface area contributed by atoms with Gasteiger partial charge in [-0.3, -0.25) is 4.79 Å². The number of fused-ring (bicyclic) bond motifs is 1. The van der Waals surface area contributed by atoms with Crippen LogP contribution in [0, 0.1) is 5.82 Å². The number of nitrogens with zero attached hydrogens (tertiary/aromatic N) is 3. The van der Waals surface area contributed by atoms with Crippen LogP contribution < -0.4 is 4.74 Å². The summed E-state index contributed by atoms with van der Waals surface area (Å²) in [5.74, 6) is -1.18. The van der Waals surface area contributed by atoms with Gasteiger partial charge in [-0.25, -0.2) is 14.2 Å². The Kier molecular flexibility index (Phi) is 5.16. The highest BCUT2D eigenvalue weighted by Gasteiger charge is 2.41. The molecule has 0 bridgehead atoms. The normalized spacial score (nSPS) is 18.8. The number of hydrogen-bond acceptors (Lipinski definition) is 5. The maximum atomic E-state index is 13.9. The minimum absolute atomic E-state index is 0.0282. The Morgan fingerprint density at radius 2 is 1.93 bits per heavy atom. The molecule has 0 unspecified atom stereocenters. The molecule has 150 valence electrons. The zero-order chi connectivity index (χ0) is 20.4. The van der Waals surface area contributed by atoms with Crippen LogP contribution >= 0.6 is 0 Å². The van der Waals surface area contributed by atoms with Crippen molar-refractivity contribution in [3.8, 4) is 5.75 Å². The van der Waals surface area contributed by atoms with Crippen molar-refractivity contribution < 1.29 is 23.5 Å². The van der Waals surface area contributed by atoms with Gasteiger partial charge in [0.15, 0.2) is 11.6 Å². The molecular formula is C21H20FN3O4. The van der Waals surface area contributed by atoms with E-state index in [1.165, 1.54) is 24.1 Å². The van der Waals surface area contributed by atoms with Crippen molar-refractivity contribution >= 4 is 22.9 Å². The largest absolute Gasteiger partial charge is 0.485 e. The predicted molar refractivity (Wildman–Crippen MR) is 103 cm³/mol. The van der Waals surface area contributed by atoms with Gasteiger partial charge in [-0.2, -0.15) is 0 Å². The van der Waals surface area contributed by atoms with E-state index in [4.69, 9.17) is 9.47 Å². The van der Waals surface area contributed by atoms with Crippen LogP contribution in [0.1, 0.15) is 6.42 Å². The number of likely N-dealkylation sites (tertiary alicyclic amines) is 1. The van der Waals surface area contributed by atoms with Gasteiger partial charge in [0.25, 0.3) is 0 Å². The Labute approximate surface area is 166 Å². The number of methoxy groups -OCH3 is 1. The molecule has 8 heteroatoms. The van der Waals surface area contributed by atoms with Crippen molar-refractivity contribution in [2.24, 2.45) is 0 Å². The predicted octanol–water partition coefficient (Wildman–Crippen LogP) is 2.40. The molecule has 3 aromatic rings. The van der Waals surface area contributed by atoms with Crippen LogP contribution in [0.3, 0.4) is 0 Å². The summed E-state index contributed by atoms with van der Waals surface area (Å²) in [6.45, 7) is 0.194.